The van der Waals surface area contributed by atoms with E-state index in [-0.39, 0.29) is 12.5 Å². The summed E-state index contributed by atoms with van der Waals surface area (Å²) in [5.41, 5.74) is 6.19. The van der Waals surface area contributed by atoms with Gasteiger partial charge >= 0.3 is 5.97 Å². The van der Waals surface area contributed by atoms with Gasteiger partial charge in [0.15, 0.2) is 0 Å². The highest BCUT2D eigenvalue weighted by molar-refractivity contribution is 5.96. The van der Waals surface area contributed by atoms with Crippen LogP contribution in [0.15, 0.2) is 18.2 Å². The first-order valence-corrected chi connectivity index (χ1v) is 7.47. The van der Waals surface area contributed by atoms with Gasteiger partial charge in [-0.25, -0.2) is 4.79 Å². The highest BCUT2D eigenvalue weighted by atomic mass is 16.5. The Bertz CT molecular complexity index is 590. The second kappa shape index (κ2) is 7.32. The Morgan fingerprint density at radius 3 is 2.65 bits per heavy atom. The highest BCUT2D eigenvalue weighted by Gasteiger charge is 2.50. The van der Waals surface area contributed by atoms with Crippen molar-refractivity contribution in [2.24, 2.45) is 11.7 Å². The smallest absolute Gasteiger partial charge is 0.327 e. The van der Waals surface area contributed by atoms with Gasteiger partial charge in [-0.05, 0) is 31.5 Å². The summed E-state index contributed by atoms with van der Waals surface area (Å²) in [7, 11) is 3.07. The number of amides is 1. The fourth-order valence-electron chi connectivity index (χ4n) is 2.89. The van der Waals surface area contributed by atoms with E-state index in [9.17, 15) is 14.7 Å². The zero-order valence-electron chi connectivity index (χ0n) is 13.3. The number of likely N-dealkylation sites (tertiary alicyclic amines) is 1. The van der Waals surface area contributed by atoms with E-state index in [0.29, 0.717) is 30.9 Å². The molecule has 1 aliphatic rings. The molecule has 23 heavy (non-hydrogen) atoms. The van der Waals surface area contributed by atoms with Crippen molar-refractivity contribution in [1.29, 1.82) is 0 Å². The third-order valence-electron chi connectivity index (χ3n) is 4.12. The third-order valence-corrected chi connectivity index (χ3v) is 4.12. The summed E-state index contributed by atoms with van der Waals surface area (Å²) in [5, 5.41) is 9.40. The van der Waals surface area contributed by atoms with Crippen molar-refractivity contribution in [1.82, 2.24) is 4.90 Å². The molecular formula is C16H22N2O5. The Kier molecular flexibility index (Phi) is 5.44. The summed E-state index contributed by atoms with van der Waals surface area (Å²) < 4.78 is 10.4. The number of rotatable bonds is 8. The summed E-state index contributed by atoms with van der Waals surface area (Å²) in [6, 6.07) is 4.43. The van der Waals surface area contributed by atoms with Gasteiger partial charge in [0.05, 0.1) is 26.7 Å². The maximum absolute atomic E-state index is 12.3. The molecule has 1 aromatic rings. The zero-order valence-corrected chi connectivity index (χ0v) is 13.3. The second-order valence-electron chi connectivity index (χ2n) is 5.46. The molecule has 7 heteroatoms. The molecule has 0 spiro atoms. The van der Waals surface area contributed by atoms with Crippen LogP contribution in [-0.2, 0) is 16.1 Å². The largest absolute Gasteiger partial charge is 0.497 e. The lowest BCUT2D eigenvalue weighted by molar-refractivity contribution is -0.172. The van der Waals surface area contributed by atoms with E-state index in [1.54, 1.807) is 25.3 Å². The molecule has 1 saturated heterocycles. The Morgan fingerprint density at radius 2 is 2.09 bits per heavy atom. The van der Waals surface area contributed by atoms with Gasteiger partial charge in [0, 0.05) is 11.6 Å². The SMILES string of the molecule is COc1ccc(CN2C(=O)[C@H](CCCN)[C@H]2C(=O)O)c(OC)c1. The highest BCUT2D eigenvalue weighted by Crippen LogP contribution is 2.34. The number of hydrogen-bond donors (Lipinski definition) is 2. The summed E-state index contributed by atoms with van der Waals surface area (Å²) in [4.78, 5) is 25.1. The first-order chi connectivity index (χ1) is 11.0. The molecule has 2 atom stereocenters. The normalized spacial score (nSPS) is 20.1. The van der Waals surface area contributed by atoms with Crippen molar-refractivity contribution in [3.63, 3.8) is 0 Å². The number of aliphatic carboxylic acids is 1. The number of carboxylic acid groups (broad SMARTS) is 1. The van der Waals surface area contributed by atoms with Crippen LogP contribution in [0.2, 0.25) is 0 Å². The third kappa shape index (κ3) is 3.39. The van der Waals surface area contributed by atoms with Crippen LogP contribution in [-0.4, -0.2) is 48.7 Å². The Hall–Kier alpha value is -2.28. The molecule has 7 nitrogen and oxygen atoms in total. The maximum Gasteiger partial charge on any atom is 0.327 e. The van der Waals surface area contributed by atoms with Crippen molar-refractivity contribution in [3.8, 4) is 11.5 Å². The minimum absolute atomic E-state index is 0.149. The minimum atomic E-state index is -0.987. The van der Waals surface area contributed by atoms with Gasteiger partial charge in [-0.2, -0.15) is 0 Å². The number of nitrogens with zero attached hydrogens (tertiary/aromatic N) is 1. The van der Waals surface area contributed by atoms with Gasteiger partial charge in [-0.3, -0.25) is 4.79 Å². The van der Waals surface area contributed by atoms with Gasteiger partial charge in [-0.1, -0.05) is 0 Å². The molecule has 0 bridgehead atoms. The van der Waals surface area contributed by atoms with E-state index in [2.05, 4.69) is 0 Å². The van der Waals surface area contributed by atoms with E-state index in [4.69, 9.17) is 15.2 Å². The van der Waals surface area contributed by atoms with Crippen molar-refractivity contribution in [2.45, 2.75) is 25.4 Å². The van der Waals surface area contributed by atoms with Crippen LogP contribution >= 0.6 is 0 Å². The van der Waals surface area contributed by atoms with Crippen LogP contribution in [0, 0.1) is 5.92 Å². The van der Waals surface area contributed by atoms with Crippen molar-refractivity contribution >= 4 is 11.9 Å². The molecule has 0 radical (unpaired) electrons. The molecule has 1 fully saturated rings. The average Bonchev–Trinajstić information content (AvgIpc) is 2.55. The predicted octanol–water partition coefficient (Wildman–Crippen LogP) is 0.854. The number of nitrogens with two attached hydrogens (primary N) is 1. The van der Waals surface area contributed by atoms with Crippen LogP contribution < -0.4 is 15.2 Å². The number of carbonyl (C=O) groups is 2. The average molecular weight is 322 g/mol. The number of benzene rings is 1. The van der Waals surface area contributed by atoms with Crippen LogP contribution in [0.1, 0.15) is 18.4 Å². The Morgan fingerprint density at radius 1 is 1.35 bits per heavy atom. The fraction of sp³-hybridized carbons (Fsp3) is 0.500. The Balaban J connectivity index is 2.16. The molecular weight excluding hydrogens is 300 g/mol. The summed E-state index contributed by atoms with van der Waals surface area (Å²) in [6.45, 7) is 0.643. The molecule has 1 heterocycles. The summed E-state index contributed by atoms with van der Waals surface area (Å²) >= 11 is 0. The summed E-state index contributed by atoms with van der Waals surface area (Å²) in [5.74, 6) is -0.425. The molecule has 0 aromatic heterocycles. The standard InChI is InChI=1S/C16H22N2O5/c1-22-11-6-5-10(13(8-11)23-2)9-18-14(16(20)21)12(15(18)19)4-3-7-17/h5-6,8,12,14H,3-4,7,9,17H2,1-2H3,(H,20,21)/t12-,14+/m1/s1. The minimum Gasteiger partial charge on any atom is -0.497 e. The number of carboxylic acids is 1. The lowest BCUT2D eigenvalue weighted by Gasteiger charge is -2.45. The fourth-order valence-corrected chi connectivity index (χ4v) is 2.89. The molecule has 0 aliphatic carbocycles. The topological polar surface area (TPSA) is 102 Å². The Labute approximate surface area is 135 Å². The van der Waals surface area contributed by atoms with Crippen molar-refractivity contribution < 1.29 is 24.2 Å². The molecule has 0 saturated carbocycles. The van der Waals surface area contributed by atoms with Gasteiger partial charge in [0.2, 0.25) is 5.91 Å². The number of methoxy groups -OCH3 is 2. The molecule has 1 aliphatic heterocycles. The monoisotopic (exact) mass is 322 g/mol. The lowest BCUT2D eigenvalue weighted by atomic mass is 9.83. The second-order valence-corrected chi connectivity index (χ2v) is 5.46. The van der Waals surface area contributed by atoms with Crippen LogP contribution in [0.25, 0.3) is 0 Å². The molecule has 126 valence electrons. The number of ether oxygens (including phenoxy) is 2. The molecule has 3 N–H and O–H groups in total. The number of carbonyl (C=O) groups excluding carboxylic acids is 1. The van der Waals surface area contributed by atoms with Gasteiger partial charge in [-0.15, -0.1) is 0 Å². The first kappa shape index (κ1) is 17.1. The zero-order chi connectivity index (χ0) is 17.0. The summed E-state index contributed by atoms with van der Waals surface area (Å²) in [6.07, 6.45) is 1.14. The predicted molar refractivity (Wildman–Crippen MR) is 83.3 cm³/mol. The van der Waals surface area contributed by atoms with E-state index in [1.165, 1.54) is 12.0 Å². The van der Waals surface area contributed by atoms with Crippen molar-refractivity contribution in [2.75, 3.05) is 20.8 Å². The quantitative estimate of drug-likeness (QED) is 0.688. The van der Waals surface area contributed by atoms with E-state index >= 15 is 0 Å². The van der Waals surface area contributed by atoms with E-state index in [0.717, 1.165) is 5.56 Å². The van der Waals surface area contributed by atoms with Crippen LogP contribution in [0.5, 0.6) is 11.5 Å². The van der Waals surface area contributed by atoms with Crippen LogP contribution in [0.3, 0.4) is 0 Å². The molecule has 1 aromatic carbocycles. The van der Waals surface area contributed by atoms with Crippen molar-refractivity contribution in [3.05, 3.63) is 23.8 Å². The number of hydrogen-bond acceptors (Lipinski definition) is 5. The van der Waals surface area contributed by atoms with E-state index < -0.39 is 17.9 Å². The van der Waals surface area contributed by atoms with Gasteiger partial charge in [0.25, 0.3) is 0 Å². The van der Waals surface area contributed by atoms with Gasteiger partial charge in [0.1, 0.15) is 17.5 Å². The van der Waals surface area contributed by atoms with Gasteiger partial charge < -0.3 is 25.2 Å². The molecule has 2 rings (SSSR count). The molecule has 0 unspecified atom stereocenters. The first-order valence-electron chi connectivity index (χ1n) is 7.47. The number of β-lactam (4-membered cyclic amide) rings is 1. The van der Waals surface area contributed by atoms with Crippen LogP contribution in [0.4, 0.5) is 0 Å². The molecule has 1 amide bonds. The lowest BCUT2D eigenvalue weighted by Crippen LogP contribution is -2.63. The maximum atomic E-state index is 12.3. The van der Waals surface area contributed by atoms with E-state index in [1.807, 2.05) is 0 Å².